The predicted octanol–water partition coefficient (Wildman–Crippen LogP) is 0.557. The number of hydrogen-bond acceptors (Lipinski definition) is 5. The van der Waals surface area contributed by atoms with Crippen LogP contribution in [0, 0.1) is 0 Å². The number of carbonyl (C=O) groups excluding carboxylic acids is 2. The molecule has 0 radical (unpaired) electrons. The van der Waals surface area contributed by atoms with Crippen LogP contribution < -0.4 is 16.0 Å². The van der Waals surface area contributed by atoms with E-state index >= 15 is 0 Å². The van der Waals surface area contributed by atoms with Crippen molar-refractivity contribution in [3.63, 3.8) is 0 Å². The molecule has 0 atom stereocenters. The molecule has 1 aromatic carbocycles. The lowest BCUT2D eigenvalue weighted by Crippen LogP contribution is -2.49. The number of carbonyl (C=O) groups is 2. The Hall–Kier alpha value is -3.95. The topological polar surface area (TPSA) is 116 Å². The maximum Gasteiger partial charge on any atom is 0.254 e. The first kappa shape index (κ1) is 21.3. The van der Waals surface area contributed by atoms with E-state index in [2.05, 4.69) is 31.1 Å². The molecule has 32 heavy (non-hydrogen) atoms. The fourth-order valence-corrected chi connectivity index (χ4v) is 3.43. The molecule has 0 spiro atoms. The lowest BCUT2D eigenvalue weighted by Gasteiger charge is -2.26. The second-order valence-electron chi connectivity index (χ2n) is 7.37. The molecule has 4 rings (SSSR count). The van der Waals surface area contributed by atoms with Crippen LogP contribution in [0.2, 0.25) is 0 Å². The summed E-state index contributed by atoms with van der Waals surface area (Å²) in [6.45, 7) is 4.78. The van der Waals surface area contributed by atoms with Gasteiger partial charge in [-0.2, -0.15) is 0 Å². The van der Waals surface area contributed by atoms with Gasteiger partial charge in [0.2, 0.25) is 5.91 Å². The van der Waals surface area contributed by atoms with E-state index in [4.69, 9.17) is 0 Å². The fourth-order valence-electron chi connectivity index (χ4n) is 3.43. The number of aromatic nitrogens is 3. The van der Waals surface area contributed by atoms with E-state index in [1.165, 1.54) is 0 Å². The Morgan fingerprint density at radius 3 is 2.78 bits per heavy atom. The van der Waals surface area contributed by atoms with E-state index < -0.39 is 0 Å². The Morgan fingerprint density at radius 1 is 1.16 bits per heavy atom. The second kappa shape index (κ2) is 9.90. The van der Waals surface area contributed by atoms with Crippen LogP contribution in [0.3, 0.4) is 0 Å². The smallest absolute Gasteiger partial charge is 0.254 e. The van der Waals surface area contributed by atoms with Crippen molar-refractivity contribution in [1.82, 2.24) is 35.4 Å². The number of piperazine rings is 1. The zero-order valence-corrected chi connectivity index (χ0v) is 17.9. The molecule has 1 fully saturated rings. The highest BCUT2D eigenvalue weighted by Crippen LogP contribution is 2.10. The highest BCUT2D eigenvalue weighted by molar-refractivity contribution is 5.97. The van der Waals surface area contributed by atoms with Gasteiger partial charge in [0.05, 0.1) is 19.6 Å². The molecule has 2 amide bonds. The molecule has 3 heterocycles. The van der Waals surface area contributed by atoms with Crippen LogP contribution in [0.5, 0.6) is 0 Å². The summed E-state index contributed by atoms with van der Waals surface area (Å²) in [5.41, 5.74) is 2.34. The number of amides is 2. The van der Waals surface area contributed by atoms with E-state index in [0.29, 0.717) is 37.7 Å². The molecular formula is C22H26N8O2. The van der Waals surface area contributed by atoms with Crippen LogP contribution >= 0.6 is 0 Å². The van der Waals surface area contributed by atoms with Crippen molar-refractivity contribution in [2.24, 2.45) is 4.99 Å². The van der Waals surface area contributed by atoms with Gasteiger partial charge in [0.15, 0.2) is 17.4 Å². The molecular weight excluding hydrogens is 408 g/mol. The number of aliphatic imine (C=N–C) groups is 1. The number of hydrogen-bond donors (Lipinski definition) is 3. The number of fused-ring (bicyclic) bond motifs is 1. The molecule has 3 N–H and O–H groups in total. The summed E-state index contributed by atoms with van der Waals surface area (Å²) in [5.74, 6) is 1.20. The second-order valence-corrected chi connectivity index (χ2v) is 7.37. The summed E-state index contributed by atoms with van der Waals surface area (Å²) in [6, 6.07) is 13.1. The predicted molar refractivity (Wildman–Crippen MR) is 120 cm³/mol. The number of rotatable bonds is 6. The fraction of sp³-hybridized carbons (Fsp3) is 0.318. The summed E-state index contributed by atoms with van der Waals surface area (Å²) in [7, 11) is 0. The zero-order valence-electron chi connectivity index (χ0n) is 17.9. The number of pyridine rings is 1. The lowest BCUT2D eigenvalue weighted by molar-refractivity contribution is -0.123. The third-order valence-corrected chi connectivity index (χ3v) is 5.09. The Morgan fingerprint density at radius 2 is 2.00 bits per heavy atom. The van der Waals surface area contributed by atoms with Gasteiger partial charge in [0, 0.05) is 31.4 Å². The van der Waals surface area contributed by atoms with E-state index in [0.717, 1.165) is 23.6 Å². The van der Waals surface area contributed by atoms with Crippen LogP contribution in [-0.4, -0.2) is 63.5 Å². The first-order chi connectivity index (χ1) is 15.6. The van der Waals surface area contributed by atoms with E-state index in [1.54, 1.807) is 17.0 Å². The van der Waals surface area contributed by atoms with E-state index in [1.807, 2.05) is 47.9 Å². The van der Waals surface area contributed by atoms with Gasteiger partial charge in [0.1, 0.15) is 0 Å². The first-order valence-electron chi connectivity index (χ1n) is 10.6. The van der Waals surface area contributed by atoms with Gasteiger partial charge in [-0.1, -0.05) is 18.2 Å². The van der Waals surface area contributed by atoms with Crippen LogP contribution in [-0.2, 0) is 17.9 Å². The molecule has 10 nitrogen and oxygen atoms in total. The van der Waals surface area contributed by atoms with Crippen molar-refractivity contribution in [3.8, 4) is 0 Å². The molecule has 166 valence electrons. The summed E-state index contributed by atoms with van der Waals surface area (Å²) >= 11 is 0. The van der Waals surface area contributed by atoms with Crippen molar-refractivity contribution in [2.75, 3.05) is 26.2 Å². The number of guanidine groups is 1. The molecule has 0 bridgehead atoms. The summed E-state index contributed by atoms with van der Waals surface area (Å²) in [6.07, 6.45) is 1.93. The third kappa shape index (κ3) is 5.02. The van der Waals surface area contributed by atoms with Gasteiger partial charge in [-0.15, -0.1) is 10.2 Å². The summed E-state index contributed by atoms with van der Waals surface area (Å²) in [4.78, 5) is 30.3. The maximum atomic E-state index is 12.6. The van der Waals surface area contributed by atoms with Crippen LogP contribution in [0.1, 0.15) is 28.7 Å². The Bertz CT molecular complexity index is 1120. The number of nitrogens with zero attached hydrogens (tertiary/aromatic N) is 5. The Kier molecular flexibility index (Phi) is 6.59. The molecule has 2 aromatic heterocycles. The minimum absolute atomic E-state index is 0.101. The van der Waals surface area contributed by atoms with Gasteiger partial charge < -0.3 is 20.9 Å². The van der Waals surface area contributed by atoms with Crippen molar-refractivity contribution in [2.45, 2.75) is 20.0 Å². The average molecular weight is 435 g/mol. The van der Waals surface area contributed by atoms with Gasteiger partial charge in [-0.3, -0.25) is 14.0 Å². The molecule has 1 aliphatic rings. The zero-order chi connectivity index (χ0) is 22.3. The monoisotopic (exact) mass is 434 g/mol. The molecule has 0 saturated carbocycles. The van der Waals surface area contributed by atoms with Gasteiger partial charge in [-0.05, 0) is 36.8 Å². The summed E-state index contributed by atoms with van der Waals surface area (Å²) < 4.78 is 1.93. The van der Waals surface area contributed by atoms with Crippen LogP contribution in [0.4, 0.5) is 0 Å². The van der Waals surface area contributed by atoms with Crippen molar-refractivity contribution in [1.29, 1.82) is 0 Å². The minimum Gasteiger partial charge on any atom is -0.357 e. The molecule has 1 aliphatic heterocycles. The average Bonchev–Trinajstić information content (AvgIpc) is 3.24. The number of benzene rings is 1. The highest BCUT2D eigenvalue weighted by atomic mass is 16.2. The van der Waals surface area contributed by atoms with Crippen molar-refractivity contribution in [3.05, 3.63) is 65.6 Å². The molecule has 10 heteroatoms. The van der Waals surface area contributed by atoms with Crippen molar-refractivity contribution >= 4 is 23.4 Å². The lowest BCUT2D eigenvalue weighted by atomic mass is 10.1. The van der Waals surface area contributed by atoms with E-state index in [9.17, 15) is 9.59 Å². The van der Waals surface area contributed by atoms with Gasteiger partial charge >= 0.3 is 0 Å². The molecule has 3 aromatic rings. The van der Waals surface area contributed by atoms with E-state index in [-0.39, 0.29) is 18.4 Å². The quantitative estimate of drug-likeness (QED) is 0.386. The highest BCUT2D eigenvalue weighted by Gasteiger charge is 2.22. The van der Waals surface area contributed by atoms with Gasteiger partial charge in [-0.25, -0.2) is 4.99 Å². The first-order valence-corrected chi connectivity index (χ1v) is 10.6. The maximum absolute atomic E-state index is 12.6. The third-order valence-electron chi connectivity index (χ3n) is 5.09. The Balaban J connectivity index is 1.37. The van der Waals surface area contributed by atoms with Crippen LogP contribution in [0.15, 0.2) is 53.7 Å². The minimum atomic E-state index is -0.134. The molecule has 0 aliphatic carbocycles. The van der Waals surface area contributed by atoms with Crippen molar-refractivity contribution < 1.29 is 9.59 Å². The van der Waals surface area contributed by atoms with Gasteiger partial charge in [0.25, 0.3) is 5.91 Å². The Labute approximate surface area is 185 Å². The normalized spacial score (nSPS) is 14.3. The van der Waals surface area contributed by atoms with Crippen LogP contribution in [0.25, 0.3) is 5.65 Å². The molecule has 0 unspecified atom stereocenters. The number of nitrogens with one attached hydrogen (secondary N) is 3. The molecule has 1 saturated heterocycles. The SMILES string of the molecule is CCNC(=NCc1ccc(C(=O)N2CCNC(=O)C2)cc1)NCc1nnc2ccccn12. The largest absolute Gasteiger partial charge is 0.357 e. The standard InChI is InChI=1S/C22H26N8O2/c1-2-23-22(26-14-19-28-27-18-5-3-4-11-30(18)19)25-13-16-6-8-17(9-7-16)21(32)29-12-10-24-20(31)15-29/h3-9,11H,2,10,12-15H2,1H3,(H,24,31)(H2,23,25,26). The summed E-state index contributed by atoms with van der Waals surface area (Å²) in [5, 5.41) is 17.6.